The average molecular weight is 243 g/mol. The van der Waals surface area contributed by atoms with Crippen molar-refractivity contribution in [2.75, 3.05) is 0 Å². The van der Waals surface area contributed by atoms with Gasteiger partial charge in [0.1, 0.15) is 6.10 Å². The van der Waals surface area contributed by atoms with Crippen LogP contribution in [0.25, 0.3) is 0 Å². The molecule has 2 N–H and O–H groups in total. The Labute approximate surface area is 94.2 Å². The Morgan fingerprint density at radius 3 is 2.44 bits per heavy atom. The third-order valence-electron chi connectivity index (χ3n) is 2.00. The van der Waals surface area contributed by atoms with Gasteiger partial charge in [0.15, 0.2) is 0 Å². The van der Waals surface area contributed by atoms with E-state index in [0.717, 1.165) is 0 Å². The zero-order valence-corrected chi connectivity index (χ0v) is 9.78. The van der Waals surface area contributed by atoms with E-state index in [9.17, 15) is 13.2 Å². The Balaban J connectivity index is 3.05. The molecule has 0 spiro atoms. The third kappa shape index (κ3) is 2.80. The number of carbonyl (C=O) groups excluding carboxylic acids is 1. The molecule has 0 saturated carbocycles. The summed E-state index contributed by atoms with van der Waals surface area (Å²) in [7, 11) is -3.89. The van der Waals surface area contributed by atoms with Crippen LogP contribution in [-0.2, 0) is 14.8 Å². The molecule has 1 aromatic carbocycles. The first-order valence-electron chi connectivity index (χ1n) is 4.65. The number of benzene rings is 1. The van der Waals surface area contributed by atoms with Crippen molar-refractivity contribution in [2.45, 2.75) is 24.8 Å². The summed E-state index contributed by atoms with van der Waals surface area (Å²) in [4.78, 5) is 11.1. The van der Waals surface area contributed by atoms with Crippen LogP contribution in [0.2, 0.25) is 0 Å². The molecule has 0 aliphatic carbocycles. The molecule has 1 rings (SSSR count). The number of amides is 1. The van der Waals surface area contributed by atoms with Gasteiger partial charge in [-0.2, -0.15) is 0 Å². The fourth-order valence-electron chi connectivity index (χ4n) is 1.13. The first-order chi connectivity index (χ1) is 7.34. The van der Waals surface area contributed by atoms with Crippen molar-refractivity contribution in [2.24, 2.45) is 0 Å². The smallest absolute Gasteiger partial charge is 0.264 e. The van der Waals surface area contributed by atoms with E-state index in [4.69, 9.17) is 5.11 Å². The molecular weight excluding hydrogens is 230 g/mol. The van der Waals surface area contributed by atoms with E-state index in [1.54, 1.807) is 29.8 Å². The highest BCUT2D eigenvalue weighted by Crippen LogP contribution is 2.13. The predicted octanol–water partition coefficient (Wildman–Crippen LogP) is 0.181. The summed E-state index contributed by atoms with van der Waals surface area (Å²) >= 11 is 0. The zero-order valence-electron chi connectivity index (χ0n) is 8.97. The van der Waals surface area contributed by atoms with Gasteiger partial charge in [-0.25, -0.2) is 13.1 Å². The van der Waals surface area contributed by atoms with Gasteiger partial charge in [-0.3, -0.25) is 4.79 Å². The molecule has 1 aromatic rings. The monoisotopic (exact) mass is 243 g/mol. The Bertz CT molecular complexity index is 493. The van der Waals surface area contributed by atoms with E-state index in [-0.39, 0.29) is 4.90 Å². The molecule has 0 fully saturated rings. The molecule has 5 nitrogen and oxygen atoms in total. The number of sulfonamides is 1. The van der Waals surface area contributed by atoms with Crippen molar-refractivity contribution in [3.63, 3.8) is 0 Å². The van der Waals surface area contributed by atoms with Crippen molar-refractivity contribution in [3.05, 3.63) is 29.8 Å². The molecule has 6 heteroatoms. The molecule has 0 aliphatic rings. The van der Waals surface area contributed by atoms with Crippen LogP contribution in [0, 0.1) is 6.92 Å². The van der Waals surface area contributed by atoms with Gasteiger partial charge in [-0.05, 0) is 25.5 Å². The minimum absolute atomic E-state index is 0.0315. The van der Waals surface area contributed by atoms with Gasteiger partial charge in [0.25, 0.3) is 15.9 Å². The van der Waals surface area contributed by atoms with Crippen LogP contribution in [0.15, 0.2) is 29.2 Å². The van der Waals surface area contributed by atoms with E-state index in [1.165, 1.54) is 13.0 Å². The predicted molar refractivity (Wildman–Crippen MR) is 58.2 cm³/mol. The van der Waals surface area contributed by atoms with Crippen LogP contribution >= 0.6 is 0 Å². The summed E-state index contributed by atoms with van der Waals surface area (Å²) in [5, 5.41) is 8.92. The zero-order chi connectivity index (χ0) is 12.3. The Morgan fingerprint density at radius 1 is 1.38 bits per heavy atom. The molecular formula is C10H13NO4S. The Hall–Kier alpha value is -1.40. The number of carbonyl (C=O) groups is 1. The van der Waals surface area contributed by atoms with Gasteiger partial charge in [-0.1, -0.05) is 18.2 Å². The molecule has 1 amide bonds. The second-order valence-corrected chi connectivity index (χ2v) is 5.06. The molecule has 0 bridgehead atoms. The highest BCUT2D eigenvalue weighted by molar-refractivity contribution is 7.90. The molecule has 0 radical (unpaired) electrons. The standard InChI is InChI=1S/C10H13NO4S/c1-7-5-3-4-6-9(7)16(14,15)11-10(13)8(2)12/h3-6,8,12H,1-2H3,(H,11,13). The van der Waals surface area contributed by atoms with E-state index >= 15 is 0 Å². The topological polar surface area (TPSA) is 83.5 Å². The SMILES string of the molecule is Cc1ccccc1S(=O)(=O)NC(=O)C(C)O. The maximum Gasteiger partial charge on any atom is 0.264 e. The number of hydrogen-bond donors (Lipinski definition) is 2. The van der Waals surface area contributed by atoms with E-state index in [0.29, 0.717) is 5.56 Å². The summed E-state index contributed by atoms with van der Waals surface area (Å²) in [5.41, 5.74) is 0.536. The summed E-state index contributed by atoms with van der Waals surface area (Å²) in [6.07, 6.45) is -1.36. The highest BCUT2D eigenvalue weighted by Gasteiger charge is 2.21. The normalized spacial score (nSPS) is 13.2. The molecule has 0 aliphatic heterocycles. The molecule has 88 valence electrons. The van der Waals surface area contributed by atoms with E-state index < -0.39 is 22.0 Å². The first kappa shape index (κ1) is 12.7. The van der Waals surface area contributed by atoms with Crippen molar-refractivity contribution in [3.8, 4) is 0 Å². The number of hydrogen-bond acceptors (Lipinski definition) is 4. The average Bonchev–Trinajstić information content (AvgIpc) is 2.17. The number of aliphatic hydroxyl groups is 1. The minimum atomic E-state index is -3.89. The number of aryl methyl sites for hydroxylation is 1. The largest absolute Gasteiger partial charge is 0.384 e. The molecule has 16 heavy (non-hydrogen) atoms. The lowest BCUT2D eigenvalue weighted by Crippen LogP contribution is -2.37. The van der Waals surface area contributed by atoms with E-state index in [2.05, 4.69) is 0 Å². The fraction of sp³-hybridized carbons (Fsp3) is 0.300. The molecule has 1 atom stereocenters. The second-order valence-electron chi connectivity index (χ2n) is 3.41. The molecule has 1 unspecified atom stereocenters. The van der Waals surface area contributed by atoms with Crippen LogP contribution < -0.4 is 4.72 Å². The van der Waals surface area contributed by atoms with Gasteiger partial charge < -0.3 is 5.11 Å². The molecule has 0 aromatic heterocycles. The second kappa shape index (κ2) is 4.63. The maximum absolute atomic E-state index is 11.7. The lowest BCUT2D eigenvalue weighted by molar-refractivity contribution is -0.126. The Kier molecular flexibility index (Phi) is 3.66. The van der Waals surface area contributed by atoms with Crippen LogP contribution in [-0.4, -0.2) is 25.5 Å². The molecule has 0 saturated heterocycles. The van der Waals surface area contributed by atoms with Crippen LogP contribution in [0.4, 0.5) is 0 Å². The fourth-order valence-corrected chi connectivity index (χ4v) is 2.43. The van der Waals surface area contributed by atoms with Crippen LogP contribution in [0.1, 0.15) is 12.5 Å². The van der Waals surface area contributed by atoms with Crippen molar-refractivity contribution >= 4 is 15.9 Å². The minimum Gasteiger partial charge on any atom is -0.384 e. The quantitative estimate of drug-likeness (QED) is 0.793. The third-order valence-corrected chi connectivity index (χ3v) is 3.50. The lowest BCUT2D eigenvalue weighted by Gasteiger charge is -2.10. The molecule has 0 heterocycles. The number of aliphatic hydroxyl groups excluding tert-OH is 1. The lowest BCUT2D eigenvalue weighted by atomic mass is 10.2. The van der Waals surface area contributed by atoms with Gasteiger partial charge in [-0.15, -0.1) is 0 Å². The van der Waals surface area contributed by atoms with Crippen LogP contribution in [0.3, 0.4) is 0 Å². The summed E-state index contributed by atoms with van der Waals surface area (Å²) < 4.78 is 25.2. The van der Waals surface area contributed by atoms with Gasteiger partial charge in [0.2, 0.25) is 0 Å². The van der Waals surface area contributed by atoms with Gasteiger partial charge >= 0.3 is 0 Å². The Morgan fingerprint density at radius 2 is 1.94 bits per heavy atom. The summed E-state index contributed by atoms with van der Waals surface area (Å²) in [5.74, 6) is -0.941. The maximum atomic E-state index is 11.7. The van der Waals surface area contributed by atoms with Crippen molar-refractivity contribution < 1.29 is 18.3 Å². The van der Waals surface area contributed by atoms with Crippen molar-refractivity contribution in [1.29, 1.82) is 0 Å². The van der Waals surface area contributed by atoms with Gasteiger partial charge in [0, 0.05) is 0 Å². The first-order valence-corrected chi connectivity index (χ1v) is 6.13. The van der Waals surface area contributed by atoms with E-state index in [1.807, 2.05) is 0 Å². The summed E-state index contributed by atoms with van der Waals surface area (Å²) in [6.45, 7) is 2.82. The number of nitrogens with one attached hydrogen (secondary N) is 1. The van der Waals surface area contributed by atoms with Crippen molar-refractivity contribution in [1.82, 2.24) is 4.72 Å². The number of rotatable bonds is 3. The van der Waals surface area contributed by atoms with Gasteiger partial charge in [0.05, 0.1) is 4.90 Å². The highest BCUT2D eigenvalue weighted by atomic mass is 32.2. The van der Waals surface area contributed by atoms with Crippen LogP contribution in [0.5, 0.6) is 0 Å². The summed E-state index contributed by atoms with van der Waals surface area (Å²) in [6, 6.07) is 6.29.